The number of nitrogens with zero attached hydrogens (tertiary/aromatic N) is 2. The number of hydrogen-bond donors (Lipinski definition) is 3. The summed E-state index contributed by atoms with van der Waals surface area (Å²) in [6.45, 7) is 0.487. The molecular weight excluding hydrogens is 358 g/mol. The lowest BCUT2D eigenvalue weighted by Crippen LogP contribution is -2.58. The molecule has 150 valence electrons. The predicted octanol–water partition coefficient (Wildman–Crippen LogP) is 1.39. The number of aromatic nitrogens is 1. The summed E-state index contributed by atoms with van der Waals surface area (Å²) < 4.78 is 0. The van der Waals surface area contributed by atoms with E-state index in [1.807, 2.05) is 0 Å². The highest BCUT2D eigenvalue weighted by atomic mass is 16.2. The zero-order valence-electron chi connectivity index (χ0n) is 16.0. The number of rotatable bonds is 3. The van der Waals surface area contributed by atoms with E-state index in [9.17, 15) is 14.4 Å². The van der Waals surface area contributed by atoms with Crippen molar-refractivity contribution in [3.63, 3.8) is 0 Å². The van der Waals surface area contributed by atoms with Crippen LogP contribution in [0.1, 0.15) is 61.7 Å². The van der Waals surface area contributed by atoms with Crippen LogP contribution in [0.15, 0.2) is 18.3 Å². The Morgan fingerprint density at radius 2 is 2.04 bits per heavy atom. The summed E-state index contributed by atoms with van der Waals surface area (Å²) in [6.07, 6.45) is 8.47. The lowest BCUT2D eigenvalue weighted by molar-refractivity contribution is -0.135. The number of nitrogens with one attached hydrogen (secondary N) is 3. The van der Waals surface area contributed by atoms with Crippen molar-refractivity contribution in [2.24, 2.45) is 0 Å². The molecule has 1 saturated carbocycles. The van der Waals surface area contributed by atoms with Gasteiger partial charge in [0.15, 0.2) is 0 Å². The molecule has 8 nitrogen and oxygen atoms in total. The first-order valence-corrected chi connectivity index (χ1v) is 10.2. The second-order valence-corrected chi connectivity index (χ2v) is 8.03. The van der Waals surface area contributed by atoms with E-state index in [0.717, 1.165) is 25.7 Å². The van der Waals surface area contributed by atoms with Gasteiger partial charge in [-0.2, -0.15) is 0 Å². The summed E-state index contributed by atoms with van der Waals surface area (Å²) >= 11 is 0. The van der Waals surface area contributed by atoms with E-state index in [-0.39, 0.29) is 36.7 Å². The zero-order chi connectivity index (χ0) is 19.6. The molecule has 8 heteroatoms. The van der Waals surface area contributed by atoms with Gasteiger partial charge in [0.1, 0.15) is 11.5 Å². The molecule has 1 saturated heterocycles. The minimum absolute atomic E-state index is 0.0569. The van der Waals surface area contributed by atoms with Crippen molar-refractivity contribution in [1.82, 2.24) is 20.5 Å². The molecule has 1 unspecified atom stereocenters. The van der Waals surface area contributed by atoms with Crippen molar-refractivity contribution < 1.29 is 14.4 Å². The predicted molar refractivity (Wildman–Crippen MR) is 104 cm³/mol. The van der Waals surface area contributed by atoms with Crippen molar-refractivity contribution in [3.05, 3.63) is 23.9 Å². The van der Waals surface area contributed by atoms with E-state index in [2.05, 4.69) is 20.9 Å². The normalized spacial score (nSPS) is 25.5. The Hall–Kier alpha value is -2.64. The monoisotopic (exact) mass is 385 g/mol. The van der Waals surface area contributed by atoms with Crippen LogP contribution >= 0.6 is 0 Å². The molecule has 3 amide bonds. The average molecular weight is 385 g/mol. The Balaban J connectivity index is 1.39. The van der Waals surface area contributed by atoms with Crippen LogP contribution in [0.25, 0.3) is 0 Å². The summed E-state index contributed by atoms with van der Waals surface area (Å²) in [7, 11) is 0. The average Bonchev–Trinajstić information content (AvgIpc) is 2.83. The highest BCUT2D eigenvalue weighted by molar-refractivity contribution is 6.01. The van der Waals surface area contributed by atoms with Crippen LogP contribution in [0, 0.1) is 0 Å². The van der Waals surface area contributed by atoms with Crippen LogP contribution in [0.4, 0.5) is 5.82 Å². The van der Waals surface area contributed by atoms with E-state index in [1.165, 1.54) is 6.42 Å². The van der Waals surface area contributed by atoms with Crippen LogP contribution in [0.3, 0.4) is 0 Å². The number of hydrogen-bond acceptors (Lipinski definition) is 5. The smallest absolute Gasteiger partial charge is 0.256 e. The van der Waals surface area contributed by atoms with Crippen LogP contribution < -0.4 is 16.0 Å². The van der Waals surface area contributed by atoms with Crippen molar-refractivity contribution in [2.75, 3.05) is 18.4 Å². The largest absolute Gasteiger partial charge is 0.352 e. The molecular formula is C20H27N5O3. The lowest BCUT2D eigenvalue weighted by Gasteiger charge is -2.39. The van der Waals surface area contributed by atoms with Gasteiger partial charge < -0.3 is 20.9 Å². The number of pyridine rings is 1. The van der Waals surface area contributed by atoms with Crippen LogP contribution in [0.2, 0.25) is 0 Å². The fourth-order valence-electron chi connectivity index (χ4n) is 4.40. The van der Waals surface area contributed by atoms with Crippen LogP contribution in [0.5, 0.6) is 0 Å². The van der Waals surface area contributed by atoms with Crippen molar-refractivity contribution >= 4 is 23.5 Å². The zero-order valence-corrected chi connectivity index (χ0v) is 16.0. The molecule has 3 N–H and O–H groups in total. The first kappa shape index (κ1) is 18.7. The van der Waals surface area contributed by atoms with Gasteiger partial charge in [-0.25, -0.2) is 4.98 Å². The molecule has 0 bridgehead atoms. The van der Waals surface area contributed by atoms with Gasteiger partial charge in [-0.1, -0.05) is 19.3 Å². The Labute approximate surface area is 164 Å². The maximum Gasteiger partial charge on any atom is 0.256 e. The Kier molecular flexibility index (Phi) is 5.19. The minimum Gasteiger partial charge on any atom is -0.352 e. The molecule has 1 aliphatic carbocycles. The highest BCUT2D eigenvalue weighted by Crippen LogP contribution is 2.30. The Bertz CT molecular complexity index is 777. The van der Waals surface area contributed by atoms with E-state index in [0.29, 0.717) is 30.8 Å². The van der Waals surface area contributed by atoms with Gasteiger partial charge in [-0.3, -0.25) is 14.4 Å². The van der Waals surface area contributed by atoms with Gasteiger partial charge >= 0.3 is 0 Å². The summed E-state index contributed by atoms with van der Waals surface area (Å²) in [4.78, 5) is 43.4. The number of amides is 3. The number of likely N-dealkylation sites (tertiary alicyclic amines) is 1. The fraction of sp³-hybridized carbons (Fsp3) is 0.600. The van der Waals surface area contributed by atoms with Gasteiger partial charge in [-0.05, 0) is 31.4 Å². The minimum atomic E-state index is -0.706. The molecule has 1 aromatic heterocycles. The summed E-state index contributed by atoms with van der Waals surface area (Å²) in [5.41, 5.74) is -0.199. The topological polar surface area (TPSA) is 103 Å². The number of carbonyl (C=O) groups is 3. The molecule has 1 spiro atoms. The van der Waals surface area contributed by atoms with Gasteiger partial charge in [-0.15, -0.1) is 0 Å². The number of anilines is 1. The highest BCUT2D eigenvalue weighted by Gasteiger charge is 2.41. The second kappa shape index (κ2) is 7.77. The molecule has 3 heterocycles. The van der Waals surface area contributed by atoms with E-state index in [1.54, 1.807) is 23.2 Å². The van der Waals surface area contributed by atoms with Crippen molar-refractivity contribution in [2.45, 2.75) is 63.1 Å². The Morgan fingerprint density at radius 3 is 2.86 bits per heavy atom. The van der Waals surface area contributed by atoms with Crippen molar-refractivity contribution in [3.8, 4) is 0 Å². The molecule has 0 radical (unpaired) electrons. The van der Waals surface area contributed by atoms with E-state index in [4.69, 9.17) is 0 Å². The van der Waals surface area contributed by atoms with Gasteiger partial charge in [0.2, 0.25) is 11.8 Å². The van der Waals surface area contributed by atoms with Gasteiger partial charge in [0.25, 0.3) is 5.91 Å². The standard InChI is InChI=1S/C20H27N5O3/c26-16(22-14-5-2-1-3-6-14)13-25-12-10-20(9-8-17(25)27)23-18-15(19(28)24-20)7-4-11-21-18/h4,7,11,14H,1-3,5-6,8-10,12-13H2,(H,21,23)(H,22,26)(H,24,28). The quantitative estimate of drug-likeness (QED) is 0.730. The molecule has 1 aromatic rings. The molecule has 2 aliphatic heterocycles. The van der Waals surface area contributed by atoms with Crippen molar-refractivity contribution in [1.29, 1.82) is 0 Å². The molecule has 3 aliphatic rings. The van der Waals surface area contributed by atoms with Crippen LogP contribution in [-0.4, -0.2) is 52.4 Å². The second-order valence-electron chi connectivity index (χ2n) is 8.03. The third kappa shape index (κ3) is 3.95. The maximum atomic E-state index is 12.6. The Morgan fingerprint density at radius 1 is 1.21 bits per heavy atom. The first-order valence-electron chi connectivity index (χ1n) is 10.2. The molecule has 4 rings (SSSR count). The molecule has 28 heavy (non-hydrogen) atoms. The SMILES string of the molecule is O=C(CN1CCC2(CCC1=O)NC(=O)c1cccnc1N2)NC1CCCCC1. The third-order valence-electron chi connectivity index (χ3n) is 5.99. The molecule has 0 aromatic carbocycles. The van der Waals surface area contributed by atoms with E-state index < -0.39 is 5.66 Å². The summed E-state index contributed by atoms with van der Waals surface area (Å²) in [5, 5.41) is 9.41. The summed E-state index contributed by atoms with van der Waals surface area (Å²) in [5.74, 6) is 0.211. The number of carbonyl (C=O) groups excluding carboxylic acids is 3. The maximum absolute atomic E-state index is 12.6. The molecule has 1 atom stereocenters. The number of fused-ring (bicyclic) bond motifs is 1. The fourth-order valence-corrected chi connectivity index (χ4v) is 4.40. The lowest BCUT2D eigenvalue weighted by atomic mass is 9.95. The van der Waals surface area contributed by atoms with Crippen LogP contribution in [-0.2, 0) is 9.59 Å². The third-order valence-corrected chi connectivity index (χ3v) is 5.99. The van der Waals surface area contributed by atoms with Gasteiger partial charge in [0.05, 0.1) is 12.1 Å². The van der Waals surface area contributed by atoms with Gasteiger partial charge in [0, 0.05) is 31.6 Å². The van der Waals surface area contributed by atoms with E-state index >= 15 is 0 Å². The summed E-state index contributed by atoms with van der Waals surface area (Å²) in [6, 6.07) is 3.68. The molecule has 2 fully saturated rings. The first-order chi connectivity index (χ1) is 13.5.